The van der Waals surface area contributed by atoms with Crippen molar-refractivity contribution in [1.82, 2.24) is 9.97 Å². The van der Waals surface area contributed by atoms with E-state index < -0.39 is 0 Å². The Morgan fingerprint density at radius 1 is 1.39 bits per heavy atom. The lowest BCUT2D eigenvalue weighted by atomic mass is 9.87. The summed E-state index contributed by atoms with van der Waals surface area (Å²) in [7, 11) is 0. The Bertz CT molecular complexity index is 373. The molecular formula is C14H23N3O. The van der Waals surface area contributed by atoms with Crippen LogP contribution in [0.5, 0.6) is 6.01 Å². The third-order valence-electron chi connectivity index (χ3n) is 3.70. The molecule has 1 fully saturated rings. The van der Waals surface area contributed by atoms with Gasteiger partial charge in [0.25, 0.3) is 0 Å². The minimum absolute atomic E-state index is 0.487. The SMILES string of the molecule is CCOc1nccc(N2CCC(C(C)C)CC2)n1. The van der Waals surface area contributed by atoms with Gasteiger partial charge in [-0.1, -0.05) is 13.8 Å². The quantitative estimate of drug-likeness (QED) is 0.822. The molecule has 1 aromatic heterocycles. The van der Waals surface area contributed by atoms with Crippen molar-refractivity contribution in [3.05, 3.63) is 12.3 Å². The molecule has 0 atom stereocenters. The summed E-state index contributed by atoms with van der Waals surface area (Å²) >= 11 is 0. The number of anilines is 1. The molecule has 1 aliphatic heterocycles. The summed E-state index contributed by atoms with van der Waals surface area (Å²) in [6.07, 6.45) is 4.29. The molecule has 18 heavy (non-hydrogen) atoms. The van der Waals surface area contributed by atoms with Gasteiger partial charge in [-0.25, -0.2) is 4.98 Å². The number of rotatable bonds is 4. The molecule has 0 unspecified atom stereocenters. The van der Waals surface area contributed by atoms with Crippen LogP contribution in [0, 0.1) is 11.8 Å². The maximum Gasteiger partial charge on any atom is 0.318 e. The van der Waals surface area contributed by atoms with E-state index >= 15 is 0 Å². The minimum Gasteiger partial charge on any atom is -0.464 e. The number of hydrogen-bond acceptors (Lipinski definition) is 4. The van der Waals surface area contributed by atoms with Crippen molar-refractivity contribution in [3.8, 4) is 6.01 Å². The summed E-state index contributed by atoms with van der Waals surface area (Å²) in [5.41, 5.74) is 0. The Balaban J connectivity index is 1.98. The van der Waals surface area contributed by atoms with Gasteiger partial charge in [-0.2, -0.15) is 4.98 Å². The first kappa shape index (κ1) is 13.1. The highest BCUT2D eigenvalue weighted by Crippen LogP contribution is 2.27. The lowest BCUT2D eigenvalue weighted by Crippen LogP contribution is -2.35. The maximum atomic E-state index is 5.35. The summed E-state index contributed by atoms with van der Waals surface area (Å²) in [5, 5.41) is 0. The van der Waals surface area contributed by atoms with Gasteiger partial charge >= 0.3 is 6.01 Å². The maximum absolute atomic E-state index is 5.35. The van der Waals surface area contributed by atoms with Crippen molar-refractivity contribution in [2.75, 3.05) is 24.6 Å². The van der Waals surface area contributed by atoms with Crippen LogP contribution in [0.1, 0.15) is 33.6 Å². The van der Waals surface area contributed by atoms with Crippen molar-refractivity contribution in [2.45, 2.75) is 33.6 Å². The molecule has 1 aliphatic rings. The van der Waals surface area contributed by atoms with E-state index in [2.05, 4.69) is 28.7 Å². The van der Waals surface area contributed by atoms with E-state index in [1.807, 2.05) is 13.0 Å². The molecule has 0 N–H and O–H groups in total. The van der Waals surface area contributed by atoms with Crippen molar-refractivity contribution >= 4 is 5.82 Å². The molecule has 0 aliphatic carbocycles. The Morgan fingerprint density at radius 3 is 2.72 bits per heavy atom. The van der Waals surface area contributed by atoms with Crippen molar-refractivity contribution in [3.63, 3.8) is 0 Å². The molecule has 4 heteroatoms. The van der Waals surface area contributed by atoms with Crippen LogP contribution in [0.15, 0.2) is 12.3 Å². The van der Waals surface area contributed by atoms with Crippen LogP contribution in [-0.4, -0.2) is 29.7 Å². The van der Waals surface area contributed by atoms with Crippen LogP contribution in [-0.2, 0) is 0 Å². The molecule has 4 nitrogen and oxygen atoms in total. The normalized spacial score (nSPS) is 17.2. The molecule has 0 bridgehead atoms. The van der Waals surface area contributed by atoms with Gasteiger partial charge in [-0.3, -0.25) is 0 Å². The zero-order chi connectivity index (χ0) is 13.0. The van der Waals surface area contributed by atoms with Gasteiger partial charge in [-0.05, 0) is 37.7 Å². The zero-order valence-corrected chi connectivity index (χ0v) is 11.6. The van der Waals surface area contributed by atoms with Crippen LogP contribution in [0.2, 0.25) is 0 Å². The molecule has 0 aromatic carbocycles. The van der Waals surface area contributed by atoms with E-state index in [1.54, 1.807) is 6.20 Å². The minimum atomic E-state index is 0.487. The first-order chi connectivity index (χ1) is 8.70. The van der Waals surface area contributed by atoms with Crippen LogP contribution >= 0.6 is 0 Å². The van der Waals surface area contributed by atoms with Crippen molar-refractivity contribution in [2.24, 2.45) is 11.8 Å². The van der Waals surface area contributed by atoms with E-state index in [-0.39, 0.29) is 0 Å². The summed E-state index contributed by atoms with van der Waals surface area (Å²) in [6.45, 7) is 9.37. The van der Waals surface area contributed by atoms with Gasteiger partial charge in [0.2, 0.25) is 0 Å². The fourth-order valence-corrected chi connectivity index (χ4v) is 2.50. The fourth-order valence-electron chi connectivity index (χ4n) is 2.50. The van der Waals surface area contributed by atoms with Crippen LogP contribution in [0.3, 0.4) is 0 Å². The second-order valence-corrected chi connectivity index (χ2v) is 5.20. The summed E-state index contributed by atoms with van der Waals surface area (Å²) in [5.74, 6) is 2.64. The first-order valence-corrected chi connectivity index (χ1v) is 6.91. The van der Waals surface area contributed by atoms with E-state index in [1.165, 1.54) is 12.8 Å². The molecule has 0 radical (unpaired) electrons. The number of aromatic nitrogens is 2. The zero-order valence-electron chi connectivity index (χ0n) is 11.6. The molecule has 0 saturated carbocycles. The van der Waals surface area contributed by atoms with Gasteiger partial charge in [0.1, 0.15) is 5.82 Å². The van der Waals surface area contributed by atoms with Crippen molar-refractivity contribution < 1.29 is 4.74 Å². The second kappa shape index (κ2) is 6.03. The number of piperidine rings is 1. The molecule has 0 amide bonds. The predicted molar refractivity (Wildman–Crippen MR) is 73.0 cm³/mol. The second-order valence-electron chi connectivity index (χ2n) is 5.20. The Labute approximate surface area is 109 Å². The Hall–Kier alpha value is -1.32. The van der Waals surface area contributed by atoms with Crippen LogP contribution < -0.4 is 9.64 Å². The topological polar surface area (TPSA) is 38.2 Å². The molecule has 2 heterocycles. The summed E-state index contributed by atoms with van der Waals surface area (Å²) < 4.78 is 5.35. The molecule has 1 aromatic rings. The summed E-state index contributed by atoms with van der Waals surface area (Å²) in [4.78, 5) is 10.9. The Morgan fingerprint density at radius 2 is 2.11 bits per heavy atom. The first-order valence-electron chi connectivity index (χ1n) is 6.91. The van der Waals surface area contributed by atoms with E-state index in [0.29, 0.717) is 12.6 Å². The molecule has 0 spiro atoms. The number of hydrogen-bond donors (Lipinski definition) is 0. The number of ether oxygens (including phenoxy) is 1. The van der Waals surface area contributed by atoms with Gasteiger partial charge < -0.3 is 9.64 Å². The largest absolute Gasteiger partial charge is 0.464 e. The highest BCUT2D eigenvalue weighted by atomic mass is 16.5. The predicted octanol–water partition coefficient (Wildman–Crippen LogP) is 2.75. The molecule has 1 saturated heterocycles. The lowest BCUT2D eigenvalue weighted by molar-refractivity contribution is 0.304. The molecular weight excluding hydrogens is 226 g/mol. The average molecular weight is 249 g/mol. The monoisotopic (exact) mass is 249 g/mol. The standard InChI is InChI=1S/C14H23N3O/c1-4-18-14-15-8-5-13(16-14)17-9-6-12(7-10-17)11(2)3/h5,8,11-12H,4,6-7,9-10H2,1-3H3. The van der Waals surface area contributed by atoms with Crippen LogP contribution in [0.4, 0.5) is 5.82 Å². The lowest BCUT2D eigenvalue weighted by Gasteiger charge is -2.34. The van der Waals surface area contributed by atoms with Gasteiger partial charge in [0, 0.05) is 19.3 Å². The highest BCUT2D eigenvalue weighted by molar-refractivity contribution is 5.38. The Kier molecular flexibility index (Phi) is 4.39. The third kappa shape index (κ3) is 3.12. The van der Waals surface area contributed by atoms with Gasteiger partial charge in [0.15, 0.2) is 0 Å². The fraction of sp³-hybridized carbons (Fsp3) is 0.714. The summed E-state index contributed by atoms with van der Waals surface area (Å²) in [6, 6.07) is 2.46. The van der Waals surface area contributed by atoms with Crippen molar-refractivity contribution in [1.29, 1.82) is 0 Å². The smallest absolute Gasteiger partial charge is 0.318 e. The van der Waals surface area contributed by atoms with Gasteiger partial charge in [-0.15, -0.1) is 0 Å². The van der Waals surface area contributed by atoms with E-state index in [0.717, 1.165) is 30.7 Å². The van der Waals surface area contributed by atoms with Gasteiger partial charge in [0.05, 0.1) is 6.61 Å². The third-order valence-corrected chi connectivity index (χ3v) is 3.70. The molecule has 100 valence electrons. The highest BCUT2D eigenvalue weighted by Gasteiger charge is 2.22. The van der Waals surface area contributed by atoms with E-state index in [9.17, 15) is 0 Å². The van der Waals surface area contributed by atoms with E-state index in [4.69, 9.17) is 4.74 Å². The molecule has 2 rings (SSSR count). The average Bonchev–Trinajstić information content (AvgIpc) is 2.39. The number of nitrogens with zero attached hydrogens (tertiary/aromatic N) is 3. The van der Waals surface area contributed by atoms with Crippen LogP contribution in [0.25, 0.3) is 0 Å².